The topological polar surface area (TPSA) is 78.8 Å². The lowest BCUT2D eigenvalue weighted by molar-refractivity contribution is 0.118. The van der Waals surface area contributed by atoms with Crippen molar-refractivity contribution in [1.29, 1.82) is 0 Å². The van der Waals surface area contributed by atoms with Crippen molar-refractivity contribution in [2.24, 2.45) is 0 Å². The number of carbonyl (C=O) groups is 1. The van der Waals surface area contributed by atoms with E-state index >= 15 is 0 Å². The molecule has 2 unspecified atom stereocenters. The number of amides is 1. The predicted octanol–water partition coefficient (Wildman–Crippen LogP) is 0.404. The number of aliphatic hydroxyl groups excluding tert-OH is 1. The average molecular weight is 223 g/mol. The molecule has 16 heavy (non-hydrogen) atoms. The molecule has 1 aromatic rings. The van der Waals surface area contributed by atoms with Gasteiger partial charge < -0.3 is 20.3 Å². The summed E-state index contributed by atoms with van der Waals surface area (Å²) in [7, 11) is 0. The number of hydrogen-bond donors (Lipinski definition) is 3. The largest absolute Gasteiger partial charge is 0.508 e. The summed E-state index contributed by atoms with van der Waals surface area (Å²) in [4.78, 5) is 11.0. The van der Waals surface area contributed by atoms with Crippen LogP contribution in [0.25, 0.3) is 0 Å². The highest BCUT2D eigenvalue weighted by Crippen LogP contribution is 2.16. The lowest BCUT2D eigenvalue weighted by Gasteiger charge is -2.14. The summed E-state index contributed by atoms with van der Waals surface area (Å²) in [5, 5.41) is 20.7. The number of ether oxygens (including phenoxy) is 1. The second-order valence-electron chi connectivity index (χ2n) is 3.75. The molecule has 0 saturated carbocycles. The van der Waals surface area contributed by atoms with Crippen LogP contribution >= 0.6 is 0 Å². The number of phenols is 1. The van der Waals surface area contributed by atoms with Crippen molar-refractivity contribution in [2.75, 3.05) is 6.61 Å². The van der Waals surface area contributed by atoms with Crippen LogP contribution in [0.2, 0.25) is 0 Å². The molecule has 1 amide bonds. The van der Waals surface area contributed by atoms with E-state index in [0.29, 0.717) is 6.42 Å². The minimum atomic E-state index is -0.497. The van der Waals surface area contributed by atoms with Crippen molar-refractivity contribution in [3.05, 3.63) is 29.8 Å². The summed E-state index contributed by atoms with van der Waals surface area (Å²) in [6.07, 6.45) is -0.338. The first-order chi connectivity index (χ1) is 7.69. The molecule has 5 nitrogen and oxygen atoms in total. The summed E-state index contributed by atoms with van der Waals surface area (Å²) in [6, 6.07) is 6.31. The van der Waals surface area contributed by atoms with Crippen LogP contribution in [0.3, 0.4) is 0 Å². The van der Waals surface area contributed by atoms with E-state index in [2.05, 4.69) is 5.32 Å². The first-order valence-electron chi connectivity index (χ1n) is 5.05. The monoisotopic (exact) mass is 223 g/mol. The molecule has 2 rings (SSSR count). The highest BCUT2D eigenvalue weighted by Gasteiger charge is 2.33. The molecule has 86 valence electrons. The molecule has 5 heteroatoms. The lowest BCUT2D eigenvalue weighted by atomic mass is 10.0. The third-order valence-corrected chi connectivity index (χ3v) is 2.58. The molecule has 1 fully saturated rings. The average Bonchev–Trinajstić information content (AvgIpc) is 2.62. The number of carbonyl (C=O) groups excluding carboxylic acids is 1. The van der Waals surface area contributed by atoms with Gasteiger partial charge in [-0.2, -0.15) is 0 Å². The van der Waals surface area contributed by atoms with Crippen LogP contribution in [-0.2, 0) is 11.2 Å². The first-order valence-corrected chi connectivity index (χ1v) is 5.05. The minimum absolute atomic E-state index is 0.144. The van der Waals surface area contributed by atoms with Gasteiger partial charge in [0.05, 0.1) is 12.6 Å². The fourth-order valence-electron chi connectivity index (χ4n) is 1.71. The van der Waals surface area contributed by atoms with Gasteiger partial charge >= 0.3 is 6.09 Å². The quantitative estimate of drug-likeness (QED) is 0.693. The number of hydrogen-bond acceptors (Lipinski definition) is 4. The molecular weight excluding hydrogens is 210 g/mol. The molecular formula is C11H13NO4. The molecule has 2 atom stereocenters. The van der Waals surface area contributed by atoms with Crippen molar-refractivity contribution in [2.45, 2.75) is 18.6 Å². The standard InChI is InChI=1S/C11H13NO4/c13-6-9-10(16-11(15)12-9)5-7-1-3-8(14)4-2-7/h1-4,9-10,13-14H,5-6H2,(H,12,15). The summed E-state index contributed by atoms with van der Waals surface area (Å²) < 4.78 is 5.03. The molecule has 0 bridgehead atoms. The van der Waals surface area contributed by atoms with E-state index in [-0.39, 0.29) is 24.5 Å². The maximum Gasteiger partial charge on any atom is 0.407 e. The Kier molecular flexibility index (Phi) is 2.96. The van der Waals surface area contributed by atoms with Crippen molar-refractivity contribution in [3.63, 3.8) is 0 Å². The molecule has 1 heterocycles. The molecule has 1 aliphatic rings. The number of rotatable bonds is 3. The smallest absolute Gasteiger partial charge is 0.407 e. The Labute approximate surface area is 92.7 Å². The zero-order chi connectivity index (χ0) is 11.5. The number of cyclic esters (lactones) is 1. The van der Waals surface area contributed by atoms with Gasteiger partial charge in [-0.3, -0.25) is 0 Å². The van der Waals surface area contributed by atoms with Crippen molar-refractivity contribution < 1.29 is 19.7 Å². The Hall–Kier alpha value is -1.75. The van der Waals surface area contributed by atoms with Gasteiger partial charge in [0.1, 0.15) is 11.9 Å². The van der Waals surface area contributed by atoms with Gasteiger partial charge in [0.25, 0.3) is 0 Å². The van der Waals surface area contributed by atoms with Crippen molar-refractivity contribution in [1.82, 2.24) is 5.32 Å². The first kappa shape index (κ1) is 10.8. The van der Waals surface area contributed by atoms with Crippen molar-refractivity contribution in [3.8, 4) is 5.75 Å². The van der Waals surface area contributed by atoms with Crippen LogP contribution in [0.1, 0.15) is 5.56 Å². The van der Waals surface area contributed by atoms with Crippen LogP contribution < -0.4 is 5.32 Å². The van der Waals surface area contributed by atoms with E-state index in [1.165, 1.54) is 0 Å². The van der Waals surface area contributed by atoms with Gasteiger partial charge in [-0.1, -0.05) is 12.1 Å². The third kappa shape index (κ3) is 2.25. The highest BCUT2D eigenvalue weighted by atomic mass is 16.6. The Balaban J connectivity index is 2.03. The van der Waals surface area contributed by atoms with Gasteiger partial charge in [0, 0.05) is 6.42 Å². The van der Waals surface area contributed by atoms with Crippen LogP contribution in [0.5, 0.6) is 5.75 Å². The summed E-state index contributed by atoms with van der Waals surface area (Å²) in [5.74, 6) is 0.198. The molecule has 0 radical (unpaired) electrons. The number of phenolic OH excluding ortho intramolecular Hbond substituents is 1. The van der Waals surface area contributed by atoms with Crippen LogP contribution in [0.15, 0.2) is 24.3 Å². The second kappa shape index (κ2) is 4.40. The molecule has 0 spiro atoms. The second-order valence-corrected chi connectivity index (χ2v) is 3.75. The minimum Gasteiger partial charge on any atom is -0.508 e. The predicted molar refractivity (Wildman–Crippen MR) is 56.1 cm³/mol. The number of benzene rings is 1. The zero-order valence-electron chi connectivity index (χ0n) is 8.59. The zero-order valence-corrected chi connectivity index (χ0v) is 8.59. The van der Waals surface area contributed by atoms with Gasteiger partial charge in [0.15, 0.2) is 0 Å². The molecule has 1 saturated heterocycles. The fraction of sp³-hybridized carbons (Fsp3) is 0.364. The van der Waals surface area contributed by atoms with Crippen LogP contribution in [0.4, 0.5) is 4.79 Å². The van der Waals surface area contributed by atoms with Gasteiger partial charge in [-0.25, -0.2) is 4.79 Å². The Morgan fingerprint density at radius 3 is 2.62 bits per heavy atom. The molecule has 0 aromatic heterocycles. The fourth-order valence-corrected chi connectivity index (χ4v) is 1.71. The number of alkyl carbamates (subject to hydrolysis) is 1. The highest BCUT2D eigenvalue weighted by molar-refractivity contribution is 5.70. The maximum absolute atomic E-state index is 11.0. The van der Waals surface area contributed by atoms with E-state index in [4.69, 9.17) is 14.9 Å². The van der Waals surface area contributed by atoms with Crippen molar-refractivity contribution >= 4 is 6.09 Å². The molecule has 3 N–H and O–H groups in total. The number of nitrogens with one attached hydrogen (secondary N) is 1. The summed E-state index contributed by atoms with van der Waals surface area (Å²) in [5.41, 5.74) is 0.942. The molecule has 0 aliphatic carbocycles. The Bertz CT molecular complexity index is 376. The maximum atomic E-state index is 11.0. The number of aliphatic hydroxyl groups is 1. The lowest BCUT2D eigenvalue weighted by Crippen LogP contribution is -2.36. The Morgan fingerprint density at radius 2 is 2.00 bits per heavy atom. The third-order valence-electron chi connectivity index (χ3n) is 2.58. The van der Waals surface area contributed by atoms with E-state index in [1.807, 2.05) is 0 Å². The Morgan fingerprint density at radius 1 is 1.31 bits per heavy atom. The SMILES string of the molecule is O=C1NC(CO)C(Cc2ccc(O)cc2)O1. The summed E-state index contributed by atoms with van der Waals surface area (Å²) in [6.45, 7) is -0.144. The van der Waals surface area contributed by atoms with E-state index in [0.717, 1.165) is 5.56 Å². The van der Waals surface area contributed by atoms with Gasteiger partial charge in [0.2, 0.25) is 0 Å². The van der Waals surface area contributed by atoms with Gasteiger partial charge in [-0.05, 0) is 17.7 Å². The summed E-state index contributed by atoms with van der Waals surface area (Å²) >= 11 is 0. The normalized spacial score (nSPS) is 23.9. The number of aromatic hydroxyl groups is 1. The van der Waals surface area contributed by atoms with Crippen LogP contribution in [0, 0.1) is 0 Å². The van der Waals surface area contributed by atoms with Crippen LogP contribution in [-0.4, -0.2) is 35.1 Å². The molecule has 1 aromatic carbocycles. The van der Waals surface area contributed by atoms with E-state index in [1.54, 1.807) is 24.3 Å². The van der Waals surface area contributed by atoms with E-state index < -0.39 is 6.09 Å². The molecule has 1 aliphatic heterocycles. The van der Waals surface area contributed by atoms with E-state index in [9.17, 15) is 4.79 Å². The van der Waals surface area contributed by atoms with Gasteiger partial charge in [-0.15, -0.1) is 0 Å².